The van der Waals surface area contributed by atoms with E-state index in [0.717, 1.165) is 18.7 Å². The normalized spacial score (nSPS) is 12.1. The molecule has 1 aromatic rings. The molecule has 1 rings (SSSR count). The zero-order valence-corrected chi connectivity index (χ0v) is 10.2. The summed E-state index contributed by atoms with van der Waals surface area (Å²) in [5.41, 5.74) is 1.23. The number of rotatable bonds is 7. The minimum atomic E-state index is 0.342. The van der Waals surface area contributed by atoms with Gasteiger partial charge in [0.05, 0.1) is 6.61 Å². The summed E-state index contributed by atoms with van der Waals surface area (Å²) in [6.07, 6.45) is 2.88. The van der Waals surface area contributed by atoms with E-state index in [4.69, 9.17) is 4.74 Å². The average molecular weight is 219 g/mol. The standard InChI is InChI=1S/C14H21NO/c1-4-13(15-5-2)9-10-16-14-8-6-7-12(3)11-14/h4,6-8,11,13,15H,1,5,9-10H2,2-3H3. The first-order valence-electron chi connectivity index (χ1n) is 5.81. The molecule has 0 aliphatic heterocycles. The number of benzene rings is 1. The highest BCUT2D eigenvalue weighted by atomic mass is 16.5. The Kier molecular flexibility index (Phi) is 5.65. The van der Waals surface area contributed by atoms with Gasteiger partial charge in [0.2, 0.25) is 0 Å². The SMILES string of the molecule is C=CC(CCOc1cccc(C)c1)NCC. The molecule has 16 heavy (non-hydrogen) atoms. The number of ether oxygens (including phenoxy) is 1. The number of likely N-dealkylation sites (N-methyl/N-ethyl adjacent to an activating group) is 1. The molecular weight excluding hydrogens is 198 g/mol. The predicted molar refractivity (Wildman–Crippen MR) is 69.0 cm³/mol. The van der Waals surface area contributed by atoms with Crippen LogP contribution in [0, 0.1) is 6.92 Å². The maximum Gasteiger partial charge on any atom is 0.119 e. The van der Waals surface area contributed by atoms with Gasteiger partial charge in [-0.05, 0) is 31.2 Å². The van der Waals surface area contributed by atoms with Crippen molar-refractivity contribution in [3.8, 4) is 5.75 Å². The molecule has 0 aliphatic rings. The topological polar surface area (TPSA) is 21.3 Å². The smallest absolute Gasteiger partial charge is 0.119 e. The first kappa shape index (κ1) is 12.8. The van der Waals surface area contributed by atoms with E-state index in [1.807, 2.05) is 18.2 Å². The third-order valence-corrected chi connectivity index (χ3v) is 2.44. The molecule has 0 fully saturated rings. The fourth-order valence-electron chi connectivity index (χ4n) is 1.57. The molecule has 1 unspecified atom stereocenters. The van der Waals surface area contributed by atoms with Crippen LogP contribution in [0.25, 0.3) is 0 Å². The zero-order chi connectivity index (χ0) is 11.8. The van der Waals surface area contributed by atoms with Crippen LogP contribution in [0.1, 0.15) is 18.9 Å². The molecule has 0 heterocycles. The van der Waals surface area contributed by atoms with Crippen molar-refractivity contribution in [3.63, 3.8) is 0 Å². The highest BCUT2D eigenvalue weighted by Crippen LogP contribution is 2.12. The molecule has 0 saturated heterocycles. The first-order chi connectivity index (χ1) is 7.76. The first-order valence-corrected chi connectivity index (χ1v) is 5.81. The van der Waals surface area contributed by atoms with E-state index in [2.05, 4.69) is 37.9 Å². The van der Waals surface area contributed by atoms with Crippen LogP contribution < -0.4 is 10.1 Å². The Labute approximate surface area is 98.3 Å². The third-order valence-electron chi connectivity index (χ3n) is 2.44. The van der Waals surface area contributed by atoms with E-state index in [-0.39, 0.29) is 0 Å². The second-order valence-electron chi connectivity index (χ2n) is 3.85. The van der Waals surface area contributed by atoms with E-state index in [1.54, 1.807) is 0 Å². The van der Waals surface area contributed by atoms with Crippen molar-refractivity contribution >= 4 is 0 Å². The lowest BCUT2D eigenvalue weighted by molar-refractivity contribution is 0.297. The molecule has 0 aliphatic carbocycles. The number of nitrogens with one attached hydrogen (secondary N) is 1. The number of hydrogen-bond donors (Lipinski definition) is 1. The average Bonchev–Trinajstić information content (AvgIpc) is 2.28. The molecule has 0 saturated carbocycles. The quantitative estimate of drug-likeness (QED) is 0.712. The Hall–Kier alpha value is -1.28. The van der Waals surface area contributed by atoms with Crippen molar-refractivity contribution in [1.29, 1.82) is 0 Å². The van der Waals surface area contributed by atoms with Crippen LogP contribution in [-0.2, 0) is 0 Å². The second-order valence-corrected chi connectivity index (χ2v) is 3.85. The van der Waals surface area contributed by atoms with Crippen LogP contribution in [0.4, 0.5) is 0 Å². The van der Waals surface area contributed by atoms with Gasteiger partial charge < -0.3 is 10.1 Å². The van der Waals surface area contributed by atoms with E-state index in [1.165, 1.54) is 5.56 Å². The van der Waals surface area contributed by atoms with Gasteiger partial charge >= 0.3 is 0 Å². The summed E-state index contributed by atoms with van der Waals surface area (Å²) in [6, 6.07) is 8.46. The summed E-state index contributed by atoms with van der Waals surface area (Å²) in [6.45, 7) is 9.64. The van der Waals surface area contributed by atoms with Crippen molar-refractivity contribution in [2.75, 3.05) is 13.2 Å². The molecule has 0 spiro atoms. The summed E-state index contributed by atoms with van der Waals surface area (Å²) in [4.78, 5) is 0. The zero-order valence-electron chi connectivity index (χ0n) is 10.2. The number of hydrogen-bond acceptors (Lipinski definition) is 2. The maximum atomic E-state index is 5.68. The monoisotopic (exact) mass is 219 g/mol. The van der Waals surface area contributed by atoms with E-state index in [9.17, 15) is 0 Å². The summed E-state index contributed by atoms with van der Waals surface area (Å²) >= 11 is 0. The van der Waals surface area contributed by atoms with Gasteiger partial charge in [0.25, 0.3) is 0 Å². The second kappa shape index (κ2) is 7.07. The molecule has 2 nitrogen and oxygen atoms in total. The van der Waals surface area contributed by atoms with Gasteiger partial charge in [0, 0.05) is 12.5 Å². The minimum absolute atomic E-state index is 0.342. The Bertz CT molecular complexity index is 322. The fraction of sp³-hybridized carbons (Fsp3) is 0.429. The van der Waals surface area contributed by atoms with Gasteiger partial charge in [-0.25, -0.2) is 0 Å². The summed E-state index contributed by atoms with van der Waals surface area (Å²) in [5, 5.41) is 3.33. The Morgan fingerprint density at radius 1 is 1.50 bits per heavy atom. The molecule has 0 aromatic heterocycles. The van der Waals surface area contributed by atoms with Crippen LogP contribution >= 0.6 is 0 Å². The van der Waals surface area contributed by atoms with Gasteiger partial charge in [-0.3, -0.25) is 0 Å². The van der Waals surface area contributed by atoms with Gasteiger partial charge in [-0.1, -0.05) is 25.1 Å². The molecule has 0 amide bonds. The molecule has 1 aromatic carbocycles. The van der Waals surface area contributed by atoms with Crippen LogP contribution in [0.15, 0.2) is 36.9 Å². The lowest BCUT2D eigenvalue weighted by Gasteiger charge is -2.13. The van der Waals surface area contributed by atoms with E-state index < -0.39 is 0 Å². The molecule has 0 radical (unpaired) electrons. The van der Waals surface area contributed by atoms with Crippen LogP contribution in [0.5, 0.6) is 5.75 Å². The van der Waals surface area contributed by atoms with Crippen molar-refractivity contribution in [2.45, 2.75) is 26.3 Å². The van der Waals surface area contributed by atoms with Gasteiger partial charge in [0.15, 0.2) is 0 Å². The van der Waals surface area contributed by atoms with Crippen molar-refractivity contribution in [3.05, 3.63) is 42.5 Å². The lowest BCUT2D eigenvalue weighted by Crippen LogP contribution is -2.28. The Morgan fingerprint density at radius 2 is 2.31 bits per heavy atom. The summed E-state index contributed by atoms with van der Waals surface area (Å²) < 4.78 is 5.68. The Morgan fingerprint density at radius 3 is 2.94 bits per heavy atom. The number of aryl methyl sites for hydroxylation is 1. The highest BCUT2D eigenvalue weighted by Gasteiger charge is 2.02. The molecular formula is C14H21NO. The largest absolute Gasteiger partial charge is 0.494 e. The minimum Gasteiger partial charge on any atom is -0.494 e. The Balaban J connectivity index is 2.32. The molecule has 88 valence electrons. The van der Waals surface area contributed by atoms with Gasteiger partial charge in [-0.15, -0.1) is 6.58 Å². The van der Waals surface area contributed by atoms with Crippen molar-refractivity contribution in [1.82, 2.24) is 5.32 Å². The molecule has 1 atom stereocenters. The van der Waals surface area contributed by atoms with Gasteiger partial charge in [-0.2, -0.15) is 0 Å². The van der Waals surface area contributed by atoms with Crippen LogP contribution in [0.3, 0.4) is 0 Å². The lowest BCUT2D eigenvalue weighted by atomic mass is 10.2. The maximum absolute atomic E-state index is 5.68. The highest BCUT2D eigenvalue weighted by molar-refractivity contribution is 5.27. The molecule has 1 N–H and O–H groups in total. The molecule has 0 bridgehead atoms. The predicted octanol–water partition coefficient (Wildman–Crippen LogP) is 2.93. The summed E-state index contributed by atoms with van der Waals surface area (Å²) in [7, 11) is 0. The van der Waals surface area contributed by atoms with Gasteiger partial charge in [0.1, 0.15) is 5.75 Å². The molecule has 2 heteroatoms. The van der Waals surface area contributed by atoms with Crippen molar-refractivity contribution in [2.24, 2.45) is 0 Å². The van der Waals surface area contributed by atoms with Crippen LogP contribution in [-0.4, -0.2) is 19.2 Å². The van der Waals surface area contributed by atoms with Crippen LogP contribution in [0.2, 0.25) is 0 Å². The van der Waals surface area contributed by atoms with E-state index in [0.29, 0.717) is 12.6 Å². The van der Waals surface area contributed by atoms with Crippen molar-refractivity contribution < 1.29 is 4.74 Å². The van der Waals surface area contributed by atoms with E-state index >= 15 is 0 Å². The fourth-order valence-corrected chi connectivity index (χ4v) is 1.57. The third kappa shape index (κ3) is 4.49. The summed E-state index contributed by atoms with van der Waals surface area (Å²) in [5.74, 6) is 0.944.